The lowest BCUT2D eigenvalue weighted by Crippen LogP contribution is -2.12. The van der Waals surface area contributed by atoms with Gasteiger partial charge < -0.3 is 4.52 Å². The van der Waals surface area contributed by atoms with Gasteiger partial charge in [0.15, 0.2) is 5.69 Å². The van der Waals surface area contributed by atoms with Gasteiger partial charge in [-0.25, -0.2) is 4.68 Å². The van der Waals surface area contributed by atoms with Crippen LogP contribution in [0.2, 0.25) is 0 Å². The number of halogens is 2. The summed E-state index contributed by atoms with van der Waals surface area (Å²) in [6, 6.07) is 16.5. The van der Waals surface area contributed by atoms with Gasteiger partial charge in [-0.2, -0.15) is 10.1 Å². The van der Waals surface area contributed by atoms with Crippen molar-refractivity contribution in [2.24, 2.45) is 0 Å². The van der Waals surface area contributed by atoms with Crippen LogP contribution in [0.4, 0.5) is 0 Å². The summed E-state index contributed by atoms with van der Waals surface area (Å²) in [5.74, 6) is 0.476. The largest absolute Gasteiger partial charge is 0.332 e. The van der Waals surface area contributed by atoms with E-state index in [2.05, 4.69) is 47.1 Å². The summed E-state index contributed by atoms with van der Waals surface area (Å²) < 4.78 is 8.72. The molecule has 2 aromatic heterocycles. The quantitative estimate of drug-likeness (QED) is 0.438. The predicted octanol–water partition coefficient (Wildman–Crippen LogP) is 4.47. The molecule has 4 rings (SSSR count). The first-order valence-electron chi connectivity index (χ1n) is 7.56. The van der Waals surface area contributed by atoms with Crippen LogP contribution in [0.5, 0.6) is 0 Å². The van der Waals surface area contributed by atoms with Gasteiger partial charge in [0.1, 0.15) is 0 Å². The molecule has 0 amide bonds. The second-order valence-electron chi connectivity index (χ2n) is 5.38. The summed E-state index contributed by atoms with van der Waals surface area (Å²) >= 11 is 6.81. The van der Waals surface area contributed by atoms with Crippen LogP contribution in [-0.4, -0.2) is 19.9 Å². The topological polar surface area (TPSA) is 73.8 Å². The first-order valence-corrected chi connectivity index (χ1v) is 9.15. The molecule has 0 N–H and O–H groups in total. The number of nitrogens with zero attached hydrogens (tertiary/aromatic N) is 4. The molecular formula is C18H10Br2N4O2. The summed E-state index contributed by atoms with van der Waals surface area (Å²) in [4.78, 5) is 16.6. The first kappa shape index (κ1) is 16.9. The Bertz CT molecular complexity index is 1140. The Labute approximate surface area is 164 Å². The number of hydrogen-bond donors (Lipinski definition) is 0. The van der Waals surface area contributed by atoms with Crippen molar-refractivity contribution >= 4 is 31.9 Å². The van der Waals surface area contributed by atoms with Gasteiger partial charge in [-0.15, -0.1) is 0 Å². The zero-order chi connectivity index (χ0) is 18.1. The number of aromatic nitrogens is 4. The number of hydrogen-bond acceptors (Lipinski definition) is 5. The van der Waals surface area contributed by atoms with Crippen molar-refractivity contribution < 1.29 is 4.52 Å². The maximum atomic E-state index is 12.2. The summed E-state index contributed by atoms with van der Waals surface area (Å²) in [7, 11) is 0. The molecule has 0 aliphatic carbocycles. The molecule has 0 saturated carbocycles. The Kier molecular flexibility index (Phi) is 4.52. The normalized spacial score (nSPS) is 10.8. The third-order valence-corrected chi connectivity index (χ3v) is 4.63. The van der Waals surface area contributed by atoms with E-state index in [1.54, 1.807) is 10.9 Å². The van der Waals surface area contributed by atoms with Crippen molar-refractivity contribution in [3.63, 3.8) is 0 Å². The fourth-order valence-corrected chi connectivity index (χ4v) is 3.01. The second kappa shape index (κ2) is 6.97. The third-order valence-electron chi connectivity index (χ3n) is 3.61. The molecule has 0 unspecified atom stereocenters. The summed E-state index contributed by atoms with van der Waals surface area (Å²) in [6.45, 7) is 0. The maximum absolute atomic E-state index is 12.2. The molecule has 0 atom stereocenters. The molecule has 2 aromatic carbocycles. The van der Waals surface area contributed by atoms with Gasteiger partial charge in [0.2, 0.25) is 11.3 Å². The first-order chi connectivity index (χ1) is 12.6. The van der Waals surface area contributed by atoms with E-state index >= 15 is 0 Å². The third kappa shape index (κ3) is 3.38. The molecule has 0 bridgehead atoms. The molecule has 6 nitrogen and oxygen atoms in total. The summed E-state index contributed by atoms with van der Waals surface area (Å²) in [6.07, 6.45) is 1.60. The van der Waals surface area contributed by atoms with Crippen molar-refractivity contribution in [3.05, 3.63) is 80.0 Å². The van der Waals surface area contributed by atoms with E-state index in [0.29, 0.717) is 5.82 Å². The molecule has 0 saturated heterocycles. The minimum Gasteiger partial charge on any atom is -0.332 e. The Balaban J connectivity index is 1.75. The lowest BCUT2D eigenvalue weighted by atomic mass is 10.2. The van der Waals surface area contributed by atoms with Crippen LogP contribution in [0.1, 0.15) is 0 Å². The molecule has 128 valence electrons. The predicted molar refractivity (Wildman–Crippen MR) is 104 cm³/mol. The van der Waals surface area contributed by atoms with Crippen molar-refractivity contribution in [3.8, 4) is 28.7 Å². The van der Waals surface area contributed by atoms with Gasteiger partial charge in [-0.3, -0.25) is 4.79 Å². The molecule has 8 heteroatoms. The highest BCUT2D eigenvalue weighted by atomic mass is 79.9. The fraction of sp³-hybridized carbons (Fsp3) is 0. The van der Waals surface area contributed by atoms with Gasteiger partial charge in [-0.05, 0) is 42.5 Å². The minimum absolute atomic E-state index is 0.0808. The van der Waals surface area contributed by atoms with Gasteiger partial charge in [0.25, 0.3) is 5.89 Å². The lowest BCUT2D eigenvalue weighted by molar-refractivity contribution is 0.429. The lowest BCUT2D eigenvalue weighted by Gasteiger charge is -2.06. The zero-order valence-electron chi connectivity index (χ0n) is 13.1. The Hall–Kier alpha value is -2.58. The van der Waals surface area contributed by atoms with Crippen molar-refractivity contribution in [1.29, 1.82) is 0 Å². The van der Waals surface area contributed by atoms with Crippen molar-refractivity contribution in [2.75, 3.05) is 0 Å². The SMILES string of the molecule is O=c1ccn(-c2cccc(Br)c2)nc1-c1nc(-c2ccc(Br)cc2)no1. The highest BCUT2D eigenvalue weighted by molar-refractivity contribution is 9.10. The van der Waals surface area contributed by atoms with E-state index in [1.807, 2.05) is 48.5 Å². The molecule has 26 heavy (non-hydrogen) atoms. The molecule has 0 radical (unpaired) electrons. The smallest absolute Gasteiger partial charge is 0.282 e. The van der Waals surface area contributed by atoms with Crippen LogP contribution >= 0.6 is 31.9 Å². The van der Waals surface area contributed by atoms with E-state index < -0.39 is 0 Å². The van der Waals surface area contributed by atoms with Gasteiger partial charge >= 0.3 is 0 Å². The molecule has 2 heterocycles. The highest BCUT2D eigenvalue weighted by Crippen LogP contribution is 2.22. The van der Waals surface area contributed by atoms with Crippen LogP contribution in [0.15, 0.2) is 79.1 Å². The molecule has 0 aliphatic heterocycles. The molecule has 0 aliphatic rings. The minimum atomic E-state index is -0.290. The van der Waals surface area contributed by atoms with Crippen LogP contribution in [0.25, 0.3) is 28.7 Å². The fourth-order valence-electron chi connectivity index (χ4n) is 2.35. The van der Waals surface area contributed by atoms with Crippen molar-refractivity contribution in [1.82, 2.24) is 19.9 Å². The van der Waals surface area contributed by atoms with Gasteiger partial charge in [0, 0.05) is 26.8 Å². The maximum Gasteiger partial charge on any atom is 0.282 e. The Morgan fingerprint density at radius 1 is 0.962 bits per heavy atom. The highest BCUT2D eigenvalue weighted by Gasteiger charge is 2.16. The summed E-state index contributed by atoms with van der Waals surface area (Å²) in [5, 5.41) is 8.31. The molecule has 0 spiro atoms. The molecule has 0 fully saturated rings. The van der Waals surface area contributed by atoms with E-state index in [0.717, 1.165) is 20.2 Å². The van der Waals surface area contributed by atoms with Crippen LogP contribution in [0.3, 0.4) is 0 Å². The molecular weight excluding hydrogens is 464 g/mol. The number of benzene rings is 2. The van der Waals surface area contributed by atoms with Gasteiger partial charge in [-0.1, -0.05) is 43.1 Å². The van der Waals surface area contributed by atoms with E-state index in [-0.39, 0.29) is 17.0 Å². The van der Waals surface area contributed by atoms with Crippen LogP contribution < -0.4 is 5.43 Å². The molecule has 4 aromatic rings. The van der Waals surface area contributed by atoms with E-state index in [9.17, 15) is 4.79 Å². The van der Waals surface area contributed by atoms with Gasteiger partial charge in [0.05, 0.1) is 5.69 Å². The monoisotopic (exact) mass is 472 g/mol. The van der Waals surface area contributed by atoms with Crippen molar-refractivity contribution in [2.45, 2.75) is 0 Å². The van der Waals surface area contributed by atoms with E-state index in [1.165, 1.54) is 6.07 Å². The Morgan fingerprint density at radius 3 is 2.54 bits per heavy atom. The number of rotatable bonds is 3. The standard InChI is InChI=1S/C18H10Br2N4O2/c19-12-6-4-11(5-7-12)17-21-18(26-23-17)16-15(25)8-9-24(22-16)14-3-1-2-13(20)10-14/h1-10H. The van der Waals surface area contributed by atoms with E-state index in [4.69, 9.17) is 4.52 Å². The average molecular weight is 474 g/mol. The summed E-state index contributed by atoms with van der Waals surface area (Å²) in [5.41, 5.74) is 1.39. The zero-order valence-corrected chi connectivity index (χ0v) is 16.3. The Morgan fingerprint density at radius 2 is 1.77 bits per heavy atom. The van der Waals surface area contributed by atoms with Crippen LogP contribution in [-0.2, 0) is 0 Å². The average Bonchev–Trinajstić information content (AvgIpc) is 3.12. The van der Waals surface area contributed by atoms with Crippen LogP contribution in [0, 0.1) is 0 Å². The second-order valence-corrected chi connectivity index (χ2v) is 7.21.